The van der Waals surface area contributed by atoms with Gasteiger partial charge in [0, 0.05) is 12.5 Å². The molecule has 2 heterocycles. The topological polar surface area (TPSA) is 60.2 Å². The number of ether oxygens (including phenoxy) is 1. The van der Waals surface area contributed by atoms with Crippen LogP contribution in [0.5, 0.6) is 0 Å². The number of hydrogen-bond acceptors (Lipinski definition) is 5. The molecule has 2 fully saturated rings. The zero-order chi connectivity index (χ0) is 10.1. The highest BCUT2D eigenvalue weighted by atomic mass is 16.5. The third-order valence-corrected chi connectivity index (χ3v) is 2.88. The van der Waals surface area contributed by atoms with Crippen LogP contribution in [0.25, 0.3) is 0 Å². The van der Waals surface area contributed by atoms with Crippen LogP contribution in [0.4, 0.5) is 0 Å². The van der Waals surface area contributed by atoms with Gasteiger partial charge in [0.05, 0.1) is 6.10 Å². The first kappa shape index (κ1) is 9.30. The van der Waals surface area contributed by atoms with Gasteiger partial charge in [-0.1, -0.05) is 5.16 Å². The minimum atomic E-state index is 0.307. The second-order valence-electron chi connectivity index (χ2n) is 4.25. The van der Waals surface area contributed by atoms with E-state index < -0.39 is 0 Å². The van der Waals surface area contributed by atoms with Gasteiger partial charge >= 0.3 is 0 Å². The molecule has 1 saturated heterocycles. The van der Waals surface area contributed by atoms with E-state index in [1.807, 2.05) is 0 Å². The van der Waals surface area contributed by atoms with Crippen LogP contribution in [0.1, 0.15) is 36.9 Å². The molecule has 1 aromatic heterocycles. The molecular formula is C10H15N3O2. The molecule has 3 rings (SSSR count). The van der Waals surface area contributed by atoms with Gasteiger partial charge in [-0.3, -0.25) is 0 Å². The van der Waals surface area contributed by atoms with Crippen LogP contribution in [-0.4, -0.2) is 29.3 Å². The largest absolute Gasteiger partial charge is 0.367 e. The summed E-state index contributed by atoms with van der Waals surface area (Å²) in [5, 5.41) is 7.19. The number of aromatic nitrogens is 2. The van der Waals surface area contributed by atoms with Crippen LogP contribution in [0.3, 0.4) is 0 Å². The van der Waals surface area contributed by atoms with Gasteiger partial charge in [-0.2, -0.15) is 4.98 Å². The molecule has 1 saturated carbocycles. The van der Waals surface area contributed by atoms with Crippen molar-refractivity contribution in [1.29, 1.82) is 0 Å². The molecular weight excluding hydrogens is 194 g/mol. The summed E-state index contributed by atoms with van der Waals surface area (Å²) >= 11 is 0. The number of nitrogens with zero attached hydrogens (tertiary/aromatic N) is 2. The first-order valence-electron chi connectivity index (χ1n) is 5.56. The van der Waals surface area contributed by atoms with E-state index in [1.165, 1.54) is 12.8 Å². The minimum Gasteiger partial charge on any atom is -0.367 e. The van der Waals surface area contributed by atoms with Crippen molar-refractivity contribution in [3.8, 4) is 0 Å². The Bertz CT molecular complexity index is 329. The van der Waals surface area contributed by atoms with Gasteiger partial charge < -0.3 is 14.6 Å². The first-order chi connectivity index (χ1) is 7.42. The van der Waals surface area contributed by atoms with Gasteiger partial charge in [-0.15, -0.1) is 0 Å². The molecule has 0 radical (unpaired) electrons. The Balaban J connectivity index is 1.52. The molecule has 0 spiro atoms. The van der Waals surface area contributed by atoms with Crippen LogP contribution < -0.4 is 5.32 Å². The lowest BCUT2D eigenvalue weighted by molar-refractivity contribution is 0.0383. The third kappa shape index (κ3) is 2.18. The highest BCUT2D eigenvalue weighted by molar-refractivity contribution is 5.02. The van der Waals surface area contributed by atoms with Crippen molar-refractivity contribution >= 4 is 0 Å². The molecule has 5 nitrogen and oxygen atoms in total. The maximum absolute atomic E-state index is 5.64. The van der Waals surface area contributed by atoms with Crippen LogP contribution in [0.15, 0.2) is 4.52 Å². The Kier molecular flexibility index (Phi) is 2.42. The predicted molar refractivity (Wildman–Crippen MR) is 52.3 cm³/mol. The maximum Gasteiger partial charge on any atom is 0.252 e. The molecule has 2 aliphatic rings. The predicted octanol–water partition coefficient (Wildman–Crippen LogP) is 0.825. The van der Waals surface area contributed by atoms with Crippen molar-refractivity contribution in [2.45, 2.75) is 37.9 Å². The van der Waals surface area contributed by atoms with E-state index >= 15 is 0 Å². The van der Waals surface area contributed by atoms with Crippen LogP contribution in [-0.2, 0) is 11.3 Å². The van der Waals surface area contributed by atoms with Gasteiger partial charge in [-0.05, 0) is 25.8 Å². The highest BCUT2D eigenvalue weighted by Gasteiger charge is 2.28. The van der Waals surface area contributed by atoms with Gasteiger partial charge in [0.15, 0.2) is 5.82 Å². The Morgan fingerprint density at radius 2 is 2.33 bits per heavy atom. The Morgan fingerprint density at radius 1 is 1.40 bits per heavy atom. The van der Waals surface area contributed by atoms with Gasteiger partial charge in [0.1, 0.15) is 6.61 Å². The molecule has 5 heteroatoms. The van der Waals surface area contributed by atoms with Crippen molar-refractivity contribution in [1.82, 2.24) is 15.5 Å². The summed E-state index contributed by atoms with van der Waals surface area (Å²) in [6.07, 6.45) is 3.78. The van der Waals surface area contributed by atoms with E-state index in [-0.39, 0.29) is 0 Å². The van der Waals surface area contributed by atoms with E-state index in [0.29, 0.717) is 24.5 Å². The molecule has 1 aromatic rings. The zero-order valence-corrected chi connectivity index (χ0v) is 8.61. The van der Waals surface area contributed by atoms with E-state index in [1.54, 1.807) is 0 Å². The van der Waals surface area contributed by atoms with Gasteiger partial charge in [0.2, 0.25) is 0 Å². The SMILES string of the molecule is C1CC(OCc2nc(C3CC3)no2)CN1. The second-order valence-corrected chi connectivity index (χ2v) is 4.25. The van der Waals surface area contributed by atoms with E-state index in [4.69, 9.17) is 9.26 Å². The fraction of sp³-hybridized carbons (Fsp3) is 0.800. The molecule has 82 valence electrons. The Labute approximate surface area is 88.2 Å². The fourth-order valence-electron chi connectivity index (χ4n) is 1.79. The molecule has 15 heavy (non-hydrogen) atoms. The summed E-state index contributed by atoms with van der Waals surface area (Å²) in [4.78, 5) is 4.31. The first-order valence-corrected chi connectivity index (χ1v) is 5.56. The highest BCUT2D eigenvalue weighted by Crippen LogP contribution is 2.38. The van der Waals surface area contributed by atoms with Crippen LogP contribution in [0, 0.1) is 0 Å². The summed E-state index contributed by atoms with van der Waals surface area (Å²) in [6, 6.07) is 0. The Hall–Kier alpha value is -0.940. The minimum absolute atomic E-state index is 0.307. The number of rotatable bonds is 4. The second kappa shape index (κ2) is 3.90. The van der Waals surface area contributed by atoms with Crippen molar-refractivity contribution in [3.63, 3.8) is 0 Å². The standard InChI is InChI=1S/C10H15N3O2/c1-2-7(1)10-12-9(15-13-10)6-14-8-3-4-11-5-8/h7-8,11H,1-6H2. The van der Waals surface area contributed by atoms with E-state index in [2.05, 4.69) is 15.5 Å². The molecule has 0 bridgehead atoms. The third-order valence-electron chi connectivity index (χ3n) is 2.88. The average molecular weight is 209 g/mol. The maximum atomic E-state index is 5.64. The summed E-state index contributed by atoms with van der Waals surface area (Å²) in [5.74, 6) is 2.03. The monoisotopic (exact) mass is 209 g/mol. The lowest BCUT2D eigenvalue weighted by Gasteiger charge is -2.06. The van der Waals surface area contributed by atoms with Crippen molar-refractivity contribution in [2.24, 2.45) is 0 Å². The average Bonchev–Trinajstić information content (AvgIpc) is 2.82. The lowest BCUT2D eigenvalue weighted by Crippen LogP contribution is -2.16. The van der Waals surface area contributed by atoms with E-state index in [0.717, 1.165) is 25.3 Å². The molecule has 1 aliphatic heterocycles. The van der Waals surface area contributed by atoms with E-state index in [9.17, 15) is 0 Å². The molecule has 0 aromatic carbocycles. The summed E-state index contributed by atoms with van der Waals surface area (Å²) in [7, 11) is 0. The number of hydrogen-bond donors (Lipinski definition) is 1. The normalized spacial score (nSPS) is 26.0. The van der Waals surface area contributed by atoms with Crippen molar-refractivity contribution in [2.75, 3.05) is 13.1 Å². The van der Waals surface area contributed by atoms with Crippen LogP contribution in [0.2, 0.25) is 0 Å². The fourth-order valence-corrected chi connectivity index (χ4v) is 1.79. The Morgan fingerprint density at radius 3 is 3.07 bits per heavy atom. The lowest BCUT2D eigenvalue weighted by atomic mass is 10.3. The van der Waals surface area contributed by atoms with Crippen LogP contribution >= 0.6 is 0 Å². The molecule has 1 unspecified atom stereocenters. The molecule has 1 N–H and O–H groups in total. The smallest absolute Gasteiger partial charge is 0.252 e. The number of nitrogens with one attached hydrogen (secondary N) is 1. The van der Waals surface area contributed by atoms with Gasteiger partial charge in [0.25, 0.3) is 5.89 Å². The summed E-state index contributed by atoms with van der Waals surface area (Å²) in [6.45, 7) is 2.43. The summed E-state index contributed by atoms with van der Waals surface area (Å²) in [5.41, 5.74) is 0. The van der Waals surface area contributed by atoms with Gasteiger partial charge in [-0.25, -0.2) is 0 Å². The molecule has 1 aliphatic carbocycles. The van der Waals surface area contributed by atoms with Crippen molar-refractivity contribution in [3.05, 3.63) is 11.7 Å². The summed E-state index contributed by atoms with van der Waals surface area (Å²) < 4.78 is 10.8. The van der Waals surface area contributed by atoms with Crippen molar-refractivity contribution < 1.29 is 9.26 Å². The zero-order valence-electron chi connectivity index (χ0n) is 8.61. The molecule has 1 atom stereocenters. The quantitative estimate of drug-likeness (QED) is 0.795. The molecule has 0 amide bonds.